The zero-order valence-corrected chi connectivity index (χ0v) is 14.2. The number of aldehydes is 1. The molecule has 9 heteroatoms. The van der Waals surface area contributed by atoms with Crippen LogP contribution >= 0.6 is 31.9 Å². The number of methoxy groups -OCH3 is 2. The molecule has 0 amide bonds. The van der Waals surface area contributed by atoms with Crippen molar-refractivity contribution >= 4 is 48.3 Å². The van der Waals surface area contributed by atoms with Gasteiger partial charge < -0.3 is 13.7 Å². The maximum atomic E-state index is 11.3. The van der Waals surface area contributed by atoms with Crippen molar-refractivity contribution in [3.05, 3.63) is 14.5 Å². The smallest absolute Gasteiger partial charge is 0.306 e. The van der Waals surface area contributed by atoms with Gasteiger partial charge in [-0.15, -0.1) is 0 Å². The Hall–Kier alpha value is -0.800. The normalized spacial score (nSPS) is 11.0. The van der Waals surface area contributed by atoms with Gasteiger partial charge in [0.15, 0.2) is 23.5 Å². The number of hydrogen-bond donors (Lipinski definition) is 0. The van der Waals surface area contributed by atoms with E-state index in [1.54, 1.807) is 0 Å². The van der Waals surface area contributed by atoms with Gasteiger partial charge >= 0.3 is 10.1 Å². The quantitative estimate of drug-likeness (QED) is 0.540. The number of benzene rings is 1. The molecule has 0 bridgehead atoms. The van der Waals surface area contributed by atoms with Crippen molar-refractivity contribution in [1.82, 2.24) is 0 Å². The number of carbonyl (C=O) groups excluding carboxylic acids is 1. The molecule has 0 saturated heterocycles. The SMILES string of the molecule is COc1c(Br)c(OC)c(C=O)c(OS(C)(=O)=O)c1Br. The molecule has 0 radical (unpaired) electrons. The van der Waals surface area contributed by atoms with Gasteiger partial charge in [-0.25, -0.2) is 0 Å². The maximum absolute atomic E-state index is 11.3. The maximum Gasteiger partial charge on any atom is 0.306 e. The fraction of sp³-hybridized carbons (Fsp3) is 0.300. The van der Waals surface area contributed by atoms with Crippen LogP contribution in [0, 0.1) is 0 Å². The standard InChI is InChI=1S/C10H10Br2O6S/c1-16-8-5(4-13)9(18-19(3,14)15)7(12)10(17-2)6(8)11/h4H,1-3H3. The third kappa shape index (κ3) is 3.40. The molecule has 0 aliphatic heterocycles. The van der Waals surface area contributed by atoms with E-state index in [1.165, 1.54) is 14.2 Å². The Bertz CT molecular complexity index is 611. The van der Waals surface area contributed by atoms with E-state index < -0.39 is 10.1 Å². The molecule has 1 aromatic rings. The number of halogens is 2. The molecule has 0 atom stereocenters. The van der Waals surface area contributed by atoms with Crippen LogP contribution in [0.5, 0.6) is 17.2 Å². The monoisotopic (exact) mass is 416 g/mol. The fourth-order valence-electron chi connectivity index (χ4n) is 1.36. The van der Waals surface area contributed by atoms with Crippen molar-refractivity contribution in [2.45, 2.75) is 0 Å². The van der Waals surface area contributed by atoms with E-state index in [-0.39, 0.29) is 27.3 Å². The van der Waals surface area contributed by atoms with E-state index in [0.717, 1.165) is 6.26 Å². The summed E-state index contributed by atoms with van der Waals surface area (Å²) in [5.74, 6) is 0.184. The summed E-state index contributed by atoms with van der Waals surface area (Å²) in [6.45, 7) is 0. The highest BCUT2D eigenvalue weighted by Gasteiger charge is 2.26. The van der Waals surface area contributed by atoms with Gasteiger partial charge in [0.2, 0.25) is 0 Å². The lowest BCUT2D eigenvalue weighted by Gasteiger charge is -2.16. The van der Waals surface area contributed by atoms with Crippen LogP contribution in [-0.2, 0) is 10.1 Å². The summed E-state index contributed by atoms with van der Waals surface area (Å²) in [6, 6.07) is 0. The van der Waals surface area contributed by atoms with Crippen LogP contribution in [-0.4, -0.2) is 35.2 Å². The van der Waals surface area contributed by atoms with E-state index in [2.05, 4.69) is 31.9 Å². The molecule has 0 saturated carbocycles. The number of hydrogen-bond acceptors (Lipinski definition) is 6. The minimum Gasteiger partial charge on any atom is -0.495 e. The Morgan fingerprint density at radius 2 is 1.47 bits per heavy atom. The van der Waals surface area contributed by atoms with Crippen LogP contribution in [0.25, 0.3) is 0 Å². The summed E-state index contributed by atoms with van der Waals surface area (Å²) in [4.78, 5) is 11.2. The lowest BCUT2D eigenvalue weighted by atomic mass is 10.2. The molecule has 0 unspecified atom stereocenters. The molecule has 1 rings (SSSR count). The Kier molecular flexibility index (Phi) is 5.22. The summed E-state index contributed by atoms with van der Waals surface area (Å²) in [7, 11) is -1.09. The Balaban J connectivity index is 3.73. The largest absolute Gasteiger partial charge is 0.495 e. The van der Waals surface area contributed by atoms with Crippen molar-refractivity contribution in [2.75, 3.05) is 20.5 Å². The summed E-state index contributed by atoms with van der Waals surface area (Å²) < 4.78 is 38.0. The van der Waals surface area contributed by atoms with Crippen LogP contribution in [0.1, 0.15) is 10.4 Å². The van der Waals surface area contributed by atoms with Gasteiger partial charge in [-0.1, -0.05) is 0 Å². The minimum atomic E-state index is -3.81. The second-order valence-corrected chi connectivity index (χ2v) is 6.50. The predicted molar refractivity (Wildman–Crippen MR) is 75.8 cm³/mol. The van der Waals surface area contributed by atoms with E-state index in [1.807, 2.05) is 0 Å². The zero-order valence-electron chi connectivity index (χ0n) is 10.2. The van der Waals surface area contributed by atoms with Crippen LogP contribution in [0.2, 0.25) is 0 Å². The van der Waals surface area contributed by atoms with Crippen molar-refractivity contribution in [3.63, 3.8) is 0 Å². The Labute approximate surface area is 127 Å². The highest BCUT2D eigenvalue weighted by molar-refractivity contribution is 9.11. The predicted octanol–water partition coefficient (Wildman–Crippen LogP) is 2.38. The van der Waals surface area contributed by atoms with Gasteiger partial charge in [-0.05, 0) is 31.9 Å². The molecule has 106 valence electrons. The van der Waals surface area contributed by atoms with E-state index >= 15 is 0 Å². The van der Waals surface area contributed by atoms with E-state index in [4.69, 9.17) is 13.7 Å². The Morgan fingerprint density at radius 1 is 1.00 bits per heavy atom. The molecular formula is C10H10Br2O6S. The first-order valence-electron chi connectivity index (χ1n) is 4.74. The van der Waals surface area contributed by atoms with Gasteiger partial charge in [0.05, 0.1) is 20.5 Å². The number of ether oxygens (including phenoxy) is 2. The highest BCUT2D eigenvalue weighted by Crippen LogP contribution is 2.49. The van der Waals surface area contributed by atoms with Crippen LogP contribution < -0.4 is 13.7 Å². The summed E-state index contributed by atoms with van der Waals surface area (Å²) in [5.41, 5.74) is -0.0486. The third-order valence-corrected chi connectivity index (χ3v) is 3.96. The van der Waals surface area contributed by atoms with Crippen molar-refractivity contribution in [1.29, 1.82) is 0 Å². The molecular weight excluding hydrogens is 408 g/mol. The Morgan fingerprint density at radius 3 is 1.84 bits per heavy atom. The average molecular weight is 418 g/mol. The lowest BCUT2D eigenvalue weighted by molar-refractivity contribution is 0.111. The molecule has 0 aliphatic rings. The molecule has 0 aliphatic carbocycles. The van der Waals surface area contributed by atoms with Crippen LogP contribution in [0.3, 0.4) is 0 Å². The summed E-state index contributed by atoms with van der Waals surface area (Å²) >= 11 is 6.36. The summed E-state index contributed by atoms with van der Waals surface area (Å²) in [6.07, 6.45) is 1.31. The van der Waals surface area contributed by atoms with Gasteiger partial charge in [-0.3, -0.25) is 4.79 Å². The zero-order chi connectivity index (χ0) is 14.8. The van der Waals surface area contributed by atoms with Crippen molar-refractivity contribution in [2.24, 2.45) is 0 Å². The second-order valence-electron chi connectivity index (χ2n) is 3.34. The first-order chi connectivity index (χ1) is 8.76. The van der Waals surface area contributed by atoms with Crippen LogP contribution in [0.4, 0.5) is 0 Å². The molecule has 0 aromatic heterocycles. The van der Waals surface area contributed by atoms with Crippen molar-refractivity contribution in [3.8, 4) is 17.2 Å². The van der Waals surface area contributed by atoms with Gasteiger partial charge in [0.1, 0.15) is 14.5 Å². The molecule has 19 heavy (non-hydrogen) atoms. The van der Waals surface area contributed by atoms with Crippen molar-refractivity contribution < 1.29 is 26.9 Å². The van der Waals surface area contributed by atoms with Crippen LogP contribution in [0.15, 0.2) is 8.95 Å². The van der Waals surface area contributed by atoms with Gasteiger partial charge in [0, 0.05) is 0 Å². The first-order valence-corrected chi connectivity index (χ1v) is 8.14. The number of carbonyl (C=O) groups is 1. The first kappa shape index (κ1) is 16.3. The fourth-order valence-corrected chi connectivity index (χ4v) is 3.60. The highest BCUT2D eigenvalue weighted by atomic mass is 79.9. The second kappa shape index (κ2) is 6.10. The molecule has 0 fully saturated rings. The molecule has 0 N–H and O–H groups in total. The van der Waals surface area contributed by atoms with E-state index in [9.17, 15) is 13.2 Å². The molecule has 6 nitrogen and oxygen atoms in total. The van der Waals surface area contributed by atoms with Gasteiger partial charge in [-0.2, -0.15) is 8.42 Å². The van der Waals surface area contributed by atoms with Gasteiger partial charge in [0.25, 0.3) is 0 Å². The third-order valence-electron chi connectivity index (χ3n) is 2.05. The number of rotatable bonds is 5. The summed E-state index contributed by atoms with van der Waals surface area (Å²) in [5, 5.41) is 0. The minimum absolute atomic E-state index is 0.0486. The average Bonchev–Trinajstić information content (AvgIpc) is 2.31. The topological polar surface area (TPSA) is 78.9 Å². The molecule has 1 aromatic carbocycles. The lowest BCUT2D eigenvalue weighted by Crippen LogP contribution is -2.10. The van der Waals surface area contributed by atoms with E-state index in [0.29, 0.717) is 10.8 Å². The molecule has 0 heterocycles. The molecule has 0 spiro atoms.